The quantitative estimate of drug-likeness (QED) is 0.253. The summed E-state index contributed by atoms with van der Waals surface area (Å²) in [6.07, 6.45) is 0.269. The second-order valence-electron chi connectivity index (χ2n) is 8.53. The number of hydrogen-bond donors (Lipinski definition) is 1. The monoisotopic (exact) mass is 572 g/mol. The molecule has 2 amide bonds. The van der Waals surface area contributed by atoms with Crippen LogP contribution in [-0.2, 0) is 26.2 Å². The van der Waals surface area contributed by atoms with E-state index in [0.717, 1.165) is 4.31 Å². The number of sulfonamides is 1. The van der Waals surface area contributed by atoms with Gasteiger partial charge < -0.3 is 10.2 Å². The fourth-order valence-corrected chi connectivity index (χ4v) is 5.64. The molecule has 0 saturated carbocycles. The molecular weight excluding hydrogens is 544 g/mol. The molecule has 206 valence electrons. The third kappa shape index (κ3) is 7.12. The van der Waals surface area contributed by atoms with E-state index in [9.17, 15) is 28.1 Å². The smallest absolute Gasteiger partial charge is 0.269 e. The summed E-state index contributed by atoms with van der Waals surface area (Å²) >= 11 is 6.36. The van der Waals surface area contributed by atoms with Gasteiger partial charge in [-0.15, -0.1) is 0 Å². The second-order valence-corrected chi connectivity index (χ2v) is 10.8. The second kappa shape index (κ2) is 13.2. The van der Waals surface area contributed by atoms with Gasteiger partial charge in [0.1, 0.15) is 12.6 Å². The van der Waals surface area contributed by atoms with Gasteiger partial charge in [-0.3, -0.25) is 24.0 Å². The van der Waals surface area contributed by atoms with Gasteiger partial charge in [-0.05, 0) is 49.2 Å². The largest absolute Gasteiger partial charge is 0.355 e. The Morgan fingerprint density at radius 1 is 0.974 bits per heavy atom. The lowest BCUT2D eigenvalue weighted by Gasteiger charge is -2.33. The highest BCUT2D eigenvalue weighted by Crippen LogP contribution is 2.27. The first-order valence-corrected chi connectivity index (χ1v) is 14.0. The number of rotatable bonds is 12. The van der Waals surface area contributed by atoms with E-state index < -0.39 is 33.4 Å². The molecule has 0 heterocycles. The average molecular weight is 573 g/mol. The van der Waals surface area contributed by atoms with Crippen molar-refractivity contribution in [1.29, 1.82) is 0 Å². The molecule has 10 nitrogen and oxygen atoms in total. The number of amides is 2. The van der Waals surface area contributed by atoms with Crippen molar-refractivity contribution in [3.05, 3.63) is 99.6 Å². The predicted molar refractivity (Wildman–Crippen MR) is 149 cm³/mol. The molecule has 0 aromatic heterocycles. The van der Waals surface area contributed by atoms with Crippen LogP contribution in [0, 0.1) is 10.1 Å². The van der Waals surface area contributed by atoms with Crippen LogP contribution in [-0.4, -0.2) is 49.2 Å². The van der Waals surface area contributed by atoms with Gasteiger partial charge in [-0.1, -0.05) is 54.9 Å². The van der Waals surface area contributed by atoms with Gasteiger partial charge in [-0.2, -0.15) is 0 Å². The highest BCUT2D eigenvalue weighted by molar-refractivity contribution is 7.92. The molecule has 0 saturated heterocycles. The highest BCUT2D eigenvalue weighted by Gasteiger charge is 2.34. The van der Waals surface area contributed by atoms with Gasteiger partial charge in [0.25, 0.3) is 15.7 Å². The van der Waals surface area contributed by atoms with Crippen LogP contribution in [0.1, 0.15) is 25.8 Å². The third-order valence-electron chi connectivity index (χ3n) is 5.99. The first kappa shape index (κ1) is 29.6. The predicted octanol–water partition coefficient (Wildman–Crippen LogP) is 4.39. The summed E-state index contributed by atoms with van der Waals surface area (Å²) in [7, 11) is -4.27. The summed E-state index contributed by atoms with van der Waals surface area (Å²) in [5, 5.41) is 14.3. The molecule has 0 spiro atoms. The number of likely N-dealkylation sites (N-methyl/N-ethyl adjacent to an activating group) is 1. The number of anilines is 1. The van der Waals surface area contributed by atoms with Crippen LogP contribution in [0.3, 0.4) is 0 Å². The Kier molecular flexibility index (Phi) is 10.0. The van der Waals surface area contributed by atoms with Gasteiger partial charge >= 0.3 is 0 Å². The highest BCUT2D eigenvalue weighted by atomic mass is 35.5. The van der Waals surface area contributed by atoms with Crippen LogP contribution in [0.25, 0.3) is 0 Å². The fraction of sp³-hybridized carbons (Fsp3) is 0.259. The number of carbonyl (C=O) groups is 2. The summed E-state index contributed by atoms with van der Waals surface area (Å²) in [6, 6.07) is 18.4. The molecule has 3 rings (SSSR count). The zero-order valence-corrected chi connectivity index (χ0v) is 23.1. The summed E-state index contributed by atoms with van der Waals surface area (Å²) in [6.45, 7) is 3.17. The van der Waals surface area contributed by atoms with Crippen molar-refractivity contribution in [3.8, 4) is 0 Å². The first-order valence-electron chi connectivity index (χ1n) is 12.2. The standard InChI is InChI=1S/C27H29ClN4O6S/c1-3-25(27(34)29-4-2)30(18-20-10-8-9-13-24(20)28)26(33)19-31(21-14-16-22(17-15-21)32(35)36)39(37,38)23-11-6-5-7-12-23/h5-17,25H,3-4,18-19H2,1-2H3,(H,29,34)/t25-/m1/s1. The van der Waals surface area contributed by atoms with Crippen molar-refractivity contribution in [2.75, 3.05) is 17.4 Å². The van der Waals surface area contributed by atoms with E-state index in [2.05, 4.69) is 5.32 Å². The van der Waals surface area contributed by atoms with Crippen LogP contribution >= 0.6 is 11.6 Å². The van der Waals surface area contributed by atoms with Crippen molar-refractivity contribution in [1.82, 2.24) is 10.2 Å². The zero-order valence-electron chi connectivity index (χ0n) is 21.5. The number of non-ortho nitro benzene ring substituents is 1. The van der Waals surface area contributed by atoms with Crippen LogP contribution in [0.4, 0.5) is 11.4 Å². The van der Waals surface area contributed by atoms with E-state index in [1.807, 2.05) is 0 Å². The Morgan fingerprint density at radius 3 is 2.15 bits per heavy atom. The maximum atomic E-state index is 13.9. The molecule has 0 aliphatic carbocycles. The van der Waals surface area contributed by atoms with Crippen LogP contribution in [0.5, 0.6) is 0 Å². The number of carbonyl (C=O) groups excluding carboxylic acids is 2. The molecule has 0 radical (unpaired) electrons. The van der Waals surface area contributed by atoms with Gasteiger partial charge in [0.15, 0.2) is 0 Å². The number of nitrogens with one attached hydrogen (secondary N) is 1. The zero-order chi connectivity index (χ0) is 28.6. The number of benzene rings is 3. The Balaban J connectivity index is 2.08. The molecule has 1 N–H and O–H groups in total. The van der Waals surface area contributed by atoms with E-state index >= 15 is 0 Å². The van der Waals surface area contributed by atoms with E-state index in [0.29, 0.717) is 17.1 Å². The SMILES string of the molecule is CCNC(=O)[C@@H](CC)N(Cc1ccccc1Cl)C(=O)CN(c1ccc([N+](=O)[O-])cc1)S(=O)(=O)c1ccccc1. The number of hydrogen-bond acceptors (Lipinski definition) is 6. The molecular formula is C27H29ClN4O6S. The van der Waals surface area contributed by atoms with Crippen molar-refractivity contribution in [3.63, 3.8) is 0 Å². The fourth-order valence-electron chi connectivity index (χ4n) is 4.01. The van der Waals surface area contributed by atoms with Crippen molar-refractivity contribution < 1.29 is 22.9 Å². The summed E-state index contributed by atoms with van der Waals surface area (Å²) in [5.41, 5.74) is 0.411. The molecule has 12 heteroatoms. The Bertz CT molecular complexity index is 1420. The Morgan fingerprint density at radius 2 is 1.59 bits per heavy atom. The van der Waals surface area contributed by atoms with E-state index in [1.54, 1.807) is 56.3 Å². The minimum atomic E-state index is -4.27. The van der Waals surface area contributed by atoms with Gasteiger partial charge in [0.2, 0.25) is 11.8 Å². The maximum absolute atomic E-state index is 13.9. The van der Waals surface area contributed by atoms with E-state index in [4.69, 9.17) is 11.6 Å². The van der Waals surface area contributed by atoms with Crippen molar-refractivity contribution in [2.45, 2.75) is 37.8 Å². The molecule has 3 aromatic carbocycles. The van der Waals surface area contributed by atoms with Crippen LogP contribution in [0.2, 0.25) is 5.02 Å². The van der Waals surface area contributed by atoms with Gasteiger partial charge in [0, 0.05) is 30.2 Å². The molecule has 3 aromatic rings. The number of nitro groups is 1. The third-order valence-corrected chi connectivity index (χ3v) is 8.15. The summed E-state index contributed by atoms with van der Waals surface area (Å²) in [5.74, 6) is -1.03. The van der Waals surface area contributed by atoms with E-state index in [-0.39, 0.29) is 35.1 Å². The lowest BCUT2D eigenvalue weighted by atomic mass is 10.1. The minimum Gasteiger partial charge on any atom is -0.355 e. The number of halogens is 1. The summed E-state index contributed by atoms with van der Waals surface area (Å²) < 4.78 is 28.3. The molecule has 0 aliphatic rings. The molecule has 0 fully saturated rings. The topological polar surface area (TPSA) is 130 Å². The lowest BCUT2D eigenvalue weighted by Crippen LogP contribution is -2.52. The lowest BCUT2D eigenvalue weighted by molar-refractivity contribution is -0.384. The van der Waals surface area contributed by atoms with Crippen LogP contribution in [0.15, 0.2) is 83.8 Å². The normalized spacial score (nSPS) is 11.9. The van der Waals surface area contributed by atoms with Gasteiger partial charge in [0.05, 0.1) is 15.5 Å². The van der Waals surface area contributed by atoms with Crippen molar-refractivity contribution in [2.24, 2.45) is 0 Å². The number of nitro benzene ring substituents is 1. The van der Waals surface area contributed by atoms with Crippen molar-refractivity contribution >= 4 is 44.8 Å². The van der Waals surface area contributed by atoms with Crippen LogP contribution < -0.4 is 9.62 Å². The average Bonchev–Trinajstić information content (AvgIpc) is 2.93. The molecule has 39 heavy (non-hydrogen) atoms. The number of nitrogens with zero attached hydrogens (tertiary/aromatic N) is 3. The molecule has 0 aliphatic heterocycles. The molecule has 0 bridgehead atoms. The van der Waals surface area contributed by atoms with E-state index in [1.165, 1.54) is 41.3 Å². The Hall–Kier alpha value is -3.96. The maximum Gasteiger partial charge on any atom is 0.269 e. The molecule has 0 unspecified atom stereocenters. The van der Waals surface area contributed by atoms with Gasteiger partial charge in [-0.25, -0.2) is 8.42 Å². The minimum absolute atomic E-state index is 0.0341. The molecule has 1 atom stereocenters. The Labute approximate surface area is 232 Å². The first-order chi connectivity index (χ1) is 18.6. The summed E-state index contributed by atoms with van der Waals surface area (Å²) in [4.78, 5) is 38.6.